The van der Waals surface area contributed by atoms with Gasteiger partial charge in [0.05, 0.1) is 12.7 Å². The van der Waals surface area contributed by atoms with E-state index in [1.54, 1.807) is 6.07 Å². The Kier molecular flexibility index (Phi) is 6.48. The van der Waals surface area contributed by atoms with E-state index < -0.39 is 17.6 Å². The number of methoxy groups -OCH3 is 1. The number of H-pyrrole nitrogens is 1. The van der Waals surface area contributed by atoms with Gasteiger partial charge in [-0.1, -0.05) is 0 Å². The van der Waals surface area contributed by atoms with E-state index in [4.69, 9.17) is 4.74 Å². The molecule has 10 heteroatoms. The summed E-state index contributed by atoms with van der Waals surface area (Å²) >= 11 is 0. The third kappa shape index (κ3) is 4.69. The highest BCUT2D eigenvalue weighted by Crippen LogP contribution is 2.41. The third-order valence-electron chi connectivity index (χ3n) is 7.13. The predicted molar refractivity (Wildman–Crippen MR) is 128 cm³/mol. The zero-order valence-electron chi connectivity index (χ0n) is 20.4. The topological polar surface area (TPSA) is 145 Å². The molecule has 1 saturated carbocycles. The molecule has 1 aromatic heterocycles. The number of carboxylic acid groups (broad SMARTS) is 1. The Hall–Kier alpha value is -3.56. The van der Waals surface area contributed by atoms with Crippen LogP contribution in [0.4, 0.5) is 10.6 Å². The molecule has 2 aliphatic carbocycles. The Bertz CT molecular complexity index is 1150. The highest BCUT2D eigenvalue weighted by Gasteiger charge is 2.39. The molecular formula is C25H32N4O6. The number of nitrogens with one attached hydrogen (secondary N) is 2. The number of anilines is 1. The smallest absolute Gasteiger partial charge is 0.407 e. The molecule has 0 saturated heterocycles. The lowest BCUT2D eigenvalue weighted by atomic mass is 10.0. The lowest BCUT2D eigenvalue weighted by Crippen LogP contribution is -2.50. The van der Waals surface area contributed by atoms with Crippen LogP contribution in [0.25, 0.3) is 0 Å². The van der Waals surface area contributed by atoms with Crippen LogP contribution in [0.1, 0.15) is 73.1 Å². The molecule has 188 valence electrons. The van der Waals surface area contributed by atoms with Crippen LogP contribution in [0.2, 0.25) is 0 Å². The van der Waals surface area contributed by atoms with Crippen LogP contribution in [0.3, 0.4) is 0 Å². The van der Waals surface area contributed by atoms with Crippen molar-refractivity contribution in [2.24, 2.45) is 5.92 Å². The summed E-state index contributed by atoms with van der Waals surface area (Å²) < 4.78 is 5.34. The van der Waals surface area contributed by atoms with E-state index in [1.165, 1.54) is 18.1 Å². The van der Waals surface area contributed by atoms with E-state index in [-0.39, 0.29) is 29.2 Å². The fourth-order valence-electron chi connectivity index (χ4n) is 5.58. The van der Waals surface area contributed by atoms with Gasteiger partial charge in [-0.05, 0) is 64.0 Å². The van der Waals surface area contributed by atoms with Crippen molar-refractivity contribution in [3.63, 3.8) is 0 Å². The molecule has 0 spiro atoms. The van der Waals surface area contributed by atoms with Gasteiger partial charge >= 0.3 is 6.09 Å². The van der Waals surface area contributed by atoms with E-state index in [9.17, 15) is 24.6 Å². The summed E-state index contributed by atoms with van der Waals surface area (Å²) in [6, 6.07) is 3.13. The number of ether oxygens (including phenoxy) is 1. The molecule has 1 heterocycles. The van der Waals surface area contributed by atoms with Crippen molar-refractivity contribution in [1.29, 1.82) is 0 Å². The van der Waals surface area contributed by atoms with Crippen molar-refractivity contribution >= 4 is 24.1 Å². The second kappa shape index (κ2) is 9.24. The molecule has 0 bridgehead atoms. The summed E-state index contributed by atoms with van der Waals surface area (Å²) in [4.78, 5) is 37.8. The number of phenolic OH excluding ortho intramolecular Hbond substituents is 1. The van der Waals surface area contributed by atoms with Crippen LogP contribution >= 0.6 is 0 Å². The Morgan fingerprint density at radius 1 is 1.23 bits per heavy atom. The molecule has 1 aromatic carbocycles. The maximum Gasteiger partial charge on any atom is 0.407 e. The van der Waals surface area contributed by atoms with Crippen LogP contribution < -0.4 is 10.1 Å². The number of nitrogens with zero attached hydrogens (tertiary/aromatic N) is 2. The van der Waals surface area contributed by atoms with E-state index >= 15 is 0 Å². The van der Waals surface area contributed by atoms with Gasteiger partial charge in [-0.2, -0.15) is 5.10 Å². The number of fused-ring (bicyclic) bond motifs is 1. The second-order valence-electron chi connectivity index (χ2n) is 10.4. The zero-order valence-corrected chi connectivity index (χ0v) is 20.4. The number of aromatic nitrogens is 2. The quantitative estimate of drug-likeness (QED) is 0.457. The van der Waals surface area contributed by atoms with Crippen LogP contribution in [-0.4, -0.2) is 62.3 Å². The molecule has 0 radical (unpaired) electrons. The number of carbonyl (C=O) groups is 3. The summed E-state index contributed by atoms with van der Waals surface area (Å²) in [5.41, 5.74) is 1.97. The average Bonchev–Trinajstić information content (AvgIpc) is 3.51. The number of aldehydes is 1. The summed E-state index contributed by atoms with van der Waals surface area (Å²) in [7, 11) is 1.49. The summed E-state index contributed by atoms with van der Waals surface area (Å²) in [5, 5.41) is 29.9. The van der Waals surface area contributed by atoms with Gasteiger partial charge in [-0.3, -0.25) is 14.7 Å². The molecule has 4 rings (SSSR count). The van der Waals surface area contributed by atoms with Gasteiger partial charge < -0.3 is 25.2 Å². The van der Waals surface area contributed by atoms with Crippen LogP contribution in [-0.2, 0) is 17.6 Å². The molecule has 3 atom stereocenters. The first-order valence-corrected chi connectivity index (χ1v) is 11.8. The number of hydrogen-bond acceptors (Lipinski definition) is 6. The van der Waals surface area contributed by atoms with Gasteiger partial charge in [-0.25, -0.2) is 4.79 Å². The van der Waals surface area contributed by atoms with Gasteiger partial charge in [0.2, 0.25) is 5.91 Å². The number of benzene rings is 1. The number of rotatable bonds is 6. The Balaban J connectivity index is 1.42. The molecule has 4 N–H and O–H groups in total. The molecule has 1 fully saturated rings. The Morgan fingerprint density at radius 3 is 2.57 bits per heavy atom. The average molecular weight is 485 g/mol. The zero-order chi connectivity index (χ0) is 25.5. The summed E-state index contributed by atoms with van der Waals surface area (Å²) in [6.07, 6.45) is 2.69. The minimum Gasteiger partial charge on any atom is -0.507 e. The molecule has 0 aliphatic heterocycles. The van der Waals surface area contributed by atoms with Gasteiger partial charge in [0.25, 0.3) is 0 Å². The summed E-state index contributed by atoms with van der Waals surface area (Å²) in [6.45, 7) is 5.69. The van der Waals surface area contributed by atoms with Crippen molar-refractivity contribution in [2.45, 2.75) is 70.4 Å². The fraction of sp³-hybridized carbons (Fsp3) is 0.520. The predicted octanol–water partition coefficient (Wildman–Crippen LogP) is 3.70. The molecule has 10 nitrogen and oxygen atoms in total. The maximum atomic E-state index is 13.0. The lowest BCUT2D eigenvalue weighted by molar-refractivity contribution is -0.119. The number of phenols is 1. The van der Waals surface area contributed by atoms with E-state index in [1.807, 2.05) is 20.8 Å². The fourth-order valence-corrected chi connectivity index (χ4v) is 5.58. The molecule has 2 aromatic rings. The lowest BCUT2D eigenvalue weighted by Gasteiger charge is -2.38. The van der Waals surface area contributed by atoms with Gasteiger partial charge in [0.15, 0.2) is 12.1 Å². The molecule has 2 aliphatic rings. The standard InChI is InChI=1S/C25H32N4O6/c1-25(2,3)29(24(33)34)15-6-5-13(7-15)19-10-22(28-27-19)26-23(32)14-8-16-17(9-14)21(35-4)11-20(31)18(16)12-30/h10-15,31H,5-9H2,1-4H3,(H,33,34)(H2,26,27,28,32)/t13-,14-,15+/m0/s1. The Morgan fingerprint density at radius 2 is 1.94 bits per heavy atom. The van der Waals surface area contributed by atoms with Crippen LogP contribution in [0.5, 0.6) is 11.5 Å². The van der Waals surface area contributed by atoms with Crippen molar-refractivity contribution in [3.8, 4) is 11.5 Å². The van der Waals surface area contributed by atoms with Gasteiger partial charge in [0.1, 0.15) is 11.5 Å². The molecular weight excluding hydrogens is 452 g/mol. The number of aromatic hydroxyl groups is 1. The minimum atomic E-state index is -0.916. The van der Waals surface area contributed by atoms with Crippen LogP contribution in [0, 0.1) is 5.92 Å². The van der Waals surface area contributed by atoms with Crippen molar-refractivity contribution in [3.05, 3.63) is 34.5 Å². The molecule has 0 unspecified atom stereocenters. The maximum absolute atomic E-state index is 13.0. The van der Waals surface area contributed by atoms with E-state index in [0.29, 0.717) is 42.7 Å². The normalized spacial score (nSPS) is 21.4. The largest absolute Gasteiger partial charge is 0.507 e. The highest BCUT2D eigenvalue weighted by molar-refractivity contribution is 5.94. The number of hydrogen-bond donors (Lipinski definition) is 4. The molecule has 35 heavy (non-hydrogen) atoms. The van der Waals surface area contributed by atoms with Gasteiger partial charge in [-0.15, -0.1) is 0 Å². The van der Waals surface area contributed by atoms with E-state index in [2.05, 4.69) is 15.5 Å². The first kappa shape index (κ1) is 24.6. The third-order valence-corrected chi connectivity index (χ3v) is 7.13. The van der Waals surface area contributed by atoms with Crippen LogP contribution in [0.15, 0.2) is 12.1 Å². The van der Waals surface area contributed by atoms with E-state index in [0.717, 1.165) is 24.1 Å². The molecule has 2 amide bonds. The van der Waals surface area contributed by atoms with Crippen molar-refractivity contribution in [2.75, 3.05) is 12.4 Å². The number of amides is 2. The highest BCUT2D eigenvalue weighted by atomic mass is 16.5. The first-order chi connectivity index (χ1) is 16.5. The second-order valence-corrected chi connectivity index (χ2v) is 10.4. The van der Waals surface area contributed by atoms with Gasteiger partial charge in [0, 0.05) is 41.2 Å². The van der Waals surface area contributed by atoms with Crippen molar-refractivity contribution in [1.82, 2.24) is 15.1 Å². The van der Waals surface area contributed by atoms with Crippen molar-refractivity contribution < 1.29 is 29.3 Å². The first-order valence-electron chi connectivity index (χ1n) is 11.8. The summed E-state index contributed by atoms with van der Waals surface area (Å²) in [5.74, 6) is 0.178. The number of aromatic amines is 1. The monoisotopic (exact) mass is 484 g/mol. The minimum absolute atomic E-state index is 0.0748. The SMILES string of the molecule is COc1cc(O)c(C=O)c2c1C[C@@H](C(=O)Nc1cc([C@H]3CC[C@@H](N(C(=O)O)C(C)(C)C)C3)[nH]n1)C2. The Labute approximate surface area is 203 Å². The number of carbonyl (C=O) groups excluding carboxylic acids is 2.